The van der Waals surface area contributed by atoms with Crippen LogP contribution in [-0.2, 0) is 4.74 Å². The van der Waals surface area contributed by atoms with E-state index in [9.17, 15) is 4.79 Å². The van der Waals surface area contributed by atoms with Crippen molar-refractivity contribution in [1.29, 1.82) is 0 Å². The molecule has 2 rings (SSSR count). The predicted octanol–water partition coefficient (Wildman–Crippen LogP) is 3.84. The lowest BCUT2D eigenvalue weighted by Gasteiger charge is -2.09. The number of benzene rings is 1. The minimum absolute atomic E-state index is 0.313. The highest BCUT2D eigenvalue weighted by molar-refractivity contribution is 9.10. The van der Waals surface area contributed by atoms with E-state index in [4.69, 9.17) is 21.1 Å². The van der Waals surface area contributed by atoms with Crippen LogP contribution in [-0.4, -0.2) is 24.7 Å². The third-order valence-corrected chi connectivity index (χ3v) is 3.72. The summed E-state index contributed by atoms with van der Waals surface area (Å²) in [4.78, 5) is 16.0. The van der Waals surface area contributed by atoms with Crippen LogP contribution < -0.4 is 4.74 Å². The molecule has 19 heavy (non-hydrogen) atoms. The van der Waals surface area contributed by atoms with Gasteiger partial charge in [-0.3, -0.25) is 4.98 Å². The quantitative estimate of drug-likeness (QED) is 0.794. The van der Waals surface area contributed by atoms with Crippen molar-refractivity contribution < 1.29 is 14.3 Å². The monoisotopic (exact) mass is 343 g/mol. The van der Waals surface area contributed by atoms with E-state index in [2.05, 4.69) is 20.9 Å². The zero-order chi connectivity index (χ0) is 14.0. The van der Waals surface area contributed by atoms with Crippen LogP contribution in [0.4, 0.5) is 0 Å². The van der Waals surface area contributed by atoms with E-state index >= 15 is 0 Å². The summed E-state index contributed by atoms with van der Waals surface area (Å²) < 4.78 is 10.7. The van der Waals surface area contributed by atoms with E-state index in [1.165, 1.54) is 13.3 Å². The number of rotatable bonds is 3. The molecular weight excluding hydrogens is 334 g/mol. The summed E-state index contributed by atoms with van der Waals surface area (Å²) in [5, 5.41) is 1.21. The molecular formula is C13H11BrClNO3. The number of halogens is 2. The van der Waals surface area contributed by atoms with Crippen LogP contribution in [0, 0.1) is 0 Å². The van der Waals surface area contributed by atoms with E-state index < -0.39 is 5.97 Å². The number of methoxy groups -OCH3 is 1. The number of ether oxygens (including phenoxy) is 2. The van der Waals surface area contributed by atoms with E-state index in [0.29, 0.717) is 32.9 Å². The van der Waals surface area contributed by atoms with E-state index in [1.807, 2.05) is 0 Å². The second kappa shape index (κ2) is 5.75. The maximum atomic E-state index is 11.8. The molecule has 0 bridgehead atoms. The van der Waals surface area contributed by atoms with Gasteiger partial charge in [-0.15, -0.1) is 0 Å². The van der Waals surface area contributed by atoms with Gasteiger partial charge in [0.1, 0.15) is 5.75 Å². The topological polar surface area (TPSA) is 48.4 Å². The van der Waals surface area contributed by atoms with Crippen molar-refractivity contribution >= 4 is 44.4 Å². The third-order valence-electron chi connectivity index (χ3n) is 2.57. The molecule has 0 saturated heterocycles. The first-order valence-corrected chi connectivity index (χ1v) is 6.74. The summed E-state index contributed by atoms with van der Waals surface area (Å²) in [5.41, 5.74) is 1.05. The smallest absolute Gasteiger partial charge is 0.340 e. The minimum atomic E-state index is -0.419. The van der Waals surface area contributed by atoms with Crippen LogP contribution in [0.5, 0.6) is 5.75 Å². The fourth-order valence-corrected chi connectivity index (χ4v) is 2.49. The Kier molecular flexibility index (Phi) is 4.27. The number of carbonyl (C=O) groups is 1. The van der Waals surface area contributed by atoms with Gasteiger partial charge in [-0.05, 0) is 35.0 Å². The molecule has 0 amide bonds. The Balaban J connectivity index is 2.63. The highest BCUT2D eigenvalue weighted by Crippen LogP contribution is 2.34. The first kappa shape index (κ1) is 14.1. The molecule has 1 aromatic carbocycles. The van der Waals surface area contributed by atoms with Gasteiger partial charge in [0, 0.05) is 16.1 Å². The average Bonchev–Trinajstić information content (AvgIpc) is 2.38. The predicted molar refractivity (Wildman–Crippen MR) is 77.0 cm³/mol. The van der Waals surface area contributed by atoms with E-state index in [1.54, 1.807) is 19.1 Å². The van der Waals surface area contributed by atoms with Crippen molar-refractivity contribution in [2.75, 3.05) is 13.7 Å². The van der Waals surface area contributed by atoms with Gasteiger partial charge in [-0.1, -0.05) is 11.6 Å². The Morgan fingerprint density at radius 3 is 2.84 bits per heavy atom. The molecule has 0 fully saturated rings. The molecule has 2 aromatic rings. The van der Waals surface area contributed by atoms with Crippen LogP contribution in [0.1, 0.15) is 17.3 Å². The zero-order valence-corrected chi connectivity index (χ0v) is 12.7. The summed E-state index contributed by atoms with van der Waals surface area (Å²) in [6.45, 7) is 2.07. The lowest BCUT2D eigenvalue weighted by Crippen LogP contribution is -2.06. The van der Waals surface area contributed by atoms with Gasteiger partial charge in [-0.2, -0.15) is 0 Å². The van der Waals surface area contributed by atoms with Crippen LogP contribution in [0.2, 0.25) is 5.02 Å². The first-order valence-electron chi connectivity index (χ1n) is 5.57. The lowest BCUT2D eigenvalue weighted by molar-refractivity contribution is 0.0525. The minimum Gasteiger partial charge on any atom is -0.495 e. The number of aromatic nitrogens is 1. The maximum Gasteiger partial charge on any atom is 0.340 e. The number of pyridine rings is 1. The third kappa shape index (κ3) is 2.67. The largest absolute Gasteiger partial charge is 0.495 e. The molecule has 4 nitrogen and oxygen atoms in total. The Morgan fingerprint density at radius 1 is 1.47 bits per heavy atom. The lowest BCUT2D eigenvalue weighted by atomic mass is 10.1. The molecule has 0 aliphatic carbocycles. The number of hydrogen-bond donors (Lipinski definition) is 0. The van der Waals surface area contributed by atoms with Gasteiger partial charge in [-0.25, -0.2) is 4.79 Å². The Bertz CT molecular complexity index is 645. The van der Waals surface area contributed by atoms with E-state index in [-0.39, 0.29) is 0 Å². The second-order valence-electron chi connectivity index (χ2n) is 3.71. The van der Waals surface area contributed by atoms with Crippen molar-refractivity contribution in [3.63, 3.8) is 0 Å². The molecule has 0 spiro atoms. The van der Waals surface area contributed by atoms with Crippen molar-refractivity contribution in [1.82, 2.24) is 4.98 Å². The Morgan fingerprint density at radius 2 is 2.21 bits per heavy atom. The molecule has 0 aliphatic rings. The molecule has 0 N–H and O–H groups in total. The number of hydrogen-bond acceptors (Lipinski definition) is 4. The van der Waals surface area contributed by atoms with Crippen LogP contribution in [0.15, 0.2) is 22.8 Å². The van der Waals surface area contributed by atoms with E-state index in [0.717, 1.165) is 5.39 Å². The summed E-state index contributed by atoms with van der Waals surface area (Å²) in [6, 6.07) is 3.42. The average molecular weight is 345 g/mol. The first-order chi connectivity index (χ1) is 9.08. The molecule has 0 radical (unpaired) electrons. The van der Waals surface area contributed by atoms with Gasteiger partial charge in [0.2, 0.25) is 0 Å². The Labute approximate surface area is 123 Å². The fraction of sp³-hybridized carbons (Fsp3) is 0.231. The molecule has 0 saturated carbocycles. The molecule has 0 unspecified atom stereocenters. The van der Waals surface area contributed by atoms with Crippen LogP contribution in [0.3, 0.4) is 0 Å². The molecule has 1 heterocycles. The highest BCUT2D eigenvalue weighted by atomic mass is 79.9. The normalized spacial score (nSPS) is 10.5. The SMILES string of the molecule is CCOC(=O)c1cnc2cc(Cl)c(OC)cc2c1Br. The summed E-state index contributed by atoms with van der Waals surface area (Å²) in [7, 11) is 1.53. The van der Waals surface area contributed by atoms with Gasteiger partial charge in [0.15, 0.2) is 0 Å². The second-order valence-corrected chi connectivity index (χ2v) is 4.91. The standard InChI is InChI=1S/C13H11BrClNO3/c1-3-19-13(17)8-6-16-10-5-9(15)11(18-2)4-7(10)12(8)14/h4-6H,3H2,1-2H3. The van der Waals surface area contributed by atoms with Crippen LogP contribution in [0.25, 0.3) is 10.9 Å². The van der Waals surface area contributed by atoms with Crippen molar-refractivity contribution in [3.8, 4) is 5.75 Å². The van der Waals surface area contributed by atoms with Crippen LogP contribution >= 0.6 is 27.5 Å². The number of fused-ring (bicyclic) bond motifs is 1. The fourth-order valence-electron chi connectivity index (χ4n) is 1.67. The molecule has 0 aliphatic heterocycles. The van der Waals surface area contributed by atoms with Gasteiger partial charge in [0.25, 0.3) is 0 Å². The zero-order valence-electron chi connectivity index (χ0n) is 10.4. The molecule has 100 valence electrons. The van der Waals surface area contributed by atoms with Crippen molar-refractivity contribution in [3.05, 3.63) is 33.4 Å². The van der Waals surface area contributed by atoms with Gasteiger partial charge in [0.05, 0.1) is 29.8 Å². The summed E-state index contributed by atoms with van der Waals surface area (Å²) >= 11 is 9.44. The van der Waals surface area contributed by atoms with Gasteiger partial charge < -0.3 is 9.47 Å². The molecule has 1 aromatic heterocycles. The Hall–Kier alpha value is -1.33. The summed E-state index contributed by atoms with van der Waals surface area (Å²) in [6.07, 6.45) is 1.47. The number of carbonyl (C=O) groups excluding carboxylic acids is 1. The van der Waals surface area contributed by atoms with Crippen molar-refractivity contribution in [2.24, 2.45) is 0 Å². The molecule has 6 heteroatoms. The number of nitrogens with zero attached hydrogens (tertiary/aromatic N) is 1. The summed E-state index contributed by atoms with van der Waals surface area (Å²) in [5.74, 6) is 0.107. The van der Waals surface area contributed by atoms with Crippen molar-refractivity contribution in [2.45, 2.75) is 6.92 Å². The molecule has 0 atom stereocenters. The highest BCUT2D eigenvalue weighted by Gasteiger charge is 2.16. The van der Waals surface area contributed by atoms with Gasteiger partial charge >= 0.3 is 5.97 Å². The maximum absolute atomic E-state index is 11.8. The number of esters is 1.